The Balaban J connectivity index is 2.18. The second-order valence-corrected chi connectivity index (χ2v) is 4.55. The molecule has 0 spiro atoms. The van der Waals surface area contributed by atoms with Crippen LogP contribution in [0.25, 0.3) is 11.1 Å². The van der Waals surface area contributed by atoms with Crippen molar-refractivity contribution in [3.8, 4) is 16.9 Å². The second-order valence-electron chi connectivity index (χ2n) is 4.55. The number of rotatable bonds is 6. The molecule has 0 N–H and O–H groups in total. The van der Waals surface area contributed by atoms with Gasteiger partial charge in [0.2, 0.25) is 0 Å². The summed E-state index contributed by atoms with van der Waals surface area (Å²) in [5.74, 6) is -1.25. The van der Waals surface area contributed by atoms with Crippen LogP contribution in [0.3, 0.4) is 0 Å². The lowest BCUT2D eigenvalue weighted by atomic mass is 10.0. The minimum Gasteiger partial charge on any atom is -0.432 e. The molecule has 0 saturated heterocycles. The summed E-state index contributed by atoms with van der Waals surface area (Å²) in [7, 11) is 0. The molecule has 0 fully saturated rings. The first-order valence-corrected chi connectivity index (χ1v) is 6.54. The lowest BCUT2D eigenvalue weighted by Gasteiger charge is -2.08. The number of hydrogen-bond donors (Lipinski definition) is 0. The van der Waals surface area contributed by atoms with E-state index in [1.54, 1.807) is 6.07 Å². The molecule has 0 atom stereocenters. The number of allylic oxidation sites excluding steroid dienone is 1. The summed E-state index contributed by atoms with van der Waals surface area (Å²) in [6.45, 7) is 0.639. The van der Waals surface area contributed by atoms with E-state index in [1.807, 2.05) is 30.3 Å². The maximum atomic E-state index is 13.7. The van der Waals surface area contributed by atoms with E-state index in [0.29, 0.717) is 5.56 Å². The van der Waals surface area contributed by atoms with Crippen LogP contribution in [0.4, 0.5) is 13.2 Å². The Hall–Kier alpha value is -2.23. The molecule has 2 aromatic carbocycles. The Morgan fingerprint density at radius 3 is 2.29 bits per heavy atom. The van der Waals surface area contributed by atoms with Gasteiger partial charge in [-0.25, -0.2) is 4.39 Å². The van der Waals surface area contributed by atoms with E-state index in [0.717, 1.165) is 24.0 Å². The molecule has 0 radical (unpaired) electrons. The van der Waals surface area contributed by atoms with Gasteiger partial charge < -0.3 is 4.74 Å². The summed E-state index contributed by atoms with van der Waals surface area (Å²) < 4.78 is 41.9. The third kappa shape index (κ3) is 4.12. The number of hydrogen-bond acceptors (Lipinski definition) is 1. The van der Waals surface area contributed by atoms with Gasteiger partial charge in [-0.05, 0) is 41.7 Å². The summed E-state index contributed by atoms with van der Waals surface area (Å²) in [5.41, 5.74) is 2.60. The quantitative estimate of drug-likeness (QED) is 0.664. The number of benzene rings is 2. The fourth-order valence-corrected chi connectivity index (χ4v) is 2.00. The van der Waals surface area contributed by atoms with Crippen molar-refractivity contribution in [2.75, 3.05) is 0 Å². The lowest BCUT2D eigenvalue weighted by molar-refractivity contribution is -0.0521. The van der Waals surface area contributed by atoms with E-state index in [1.165, 1.54) is 12.1 Å². The number of aryl methyl sites for hydroxylation is 1. The standard InChI is InChI=1S/C17H15F3O/c1-2-3-4-12-5-7-13(8-6-12)14-9-10-16(15(18)11-14)21-17(19)20/h2,5-11,17H,1,3-4H2. The first-order chi connectivity index (χ1) is 10.1. The third-order valence-corrected chi connectivity index (χ3v) is 3.07. The molecular formula is C17H15F3O. The monoisotopic (exact) mass is 292 g/mol. The zero-order valence-corrected chi connectivity index (χ0v) is 11.4. The van der Waals surface area contributed by atoms with Crippen molar-refractivity contribution in [2.24, 2.45) is 0 Å². The molecule has 2 aromatic rings. The van der Waals surface area contributed by atoms with Crippen molar-refractivity contribution in [2.45, 2.75) is 19.5 Å². The minimum absolute atomic E-state index is 0.448. The fraction of sp³-hybridized carbons (Fsp3) is 0.176. The van der Waals surface area contributed by atoms with Crippen LogP contribution in [0.5, 0.6) is 5.75 Å². The number of alkyl halides is 2. The van der Waals surface area contributed by atoms with Crippen LogP contribution >= 0.6 is 0 Å². The molecule has 1 nitrogen and oxygen atoms in total. The topological polar surface area (TPSA) is 9.23 Å². The van der Waals surface area contributed by atoms with E-state index in [9.17, 15) is 13.2 Å². The highest BCUT2D eigenvalue weighted by atomic mass is 19.3. The molecule has 0 aromatic heterocycles. The summed E-state index contributed by atoms with van der Waals surface area (Å²) in [6, 6.07) is 11.6. The smallest absolute Gasteiger partial charge is 0.387 e. The first-order valence-electron chi connectivity index (χ1n) is 6.54. The predicted molar refractivity (Wildman–Crippen MR) is 77.0 cm³/mol. The van der Waals surface area contributed by atoms with E-state index < -0.39 is 18.2 Å². The molecule has 110 valence electrons. The van der Waals surface area contributed by atoms with Gasteiger partial charge in [-0.15, -0.1) is 6.58 Å². The Morgan fingerprint density at radius 1 is 1.05 bits per heavy atom. The molecule has 0 heterocycles. The Morgan fingerprint density at radius 2 is 1.71 bits per heavy atom. The average molecular weight is 292 g/mol. The van der Waals surface area contributed by atoms with Crippen LogP contribution in [-0.2, 0) is 6.42 Å². The predicted octanol–water partition coefficient (Wildman–Crippen LogP) is 5.21. The van der Waals surface area contributed by atoms with Crippen molar-refractivity contribution < 1.29 is 17.9 Å². The summed E-state index contributed by atoms with van der Waals surface area (Å²) in [6.07, 6.45) is 3.65. The van der Waals surface area contributed by atoms with E-state index in [4.69, 9.17) is 0 Å². The molecule has 0 unspecified atom stereocenters. The molecule has 4 heteroatoms. The van der Waals surface area contributed by atoms with Gasteiger partial charge in [-0.1, -0.05) is 36.4 Å². The molecule has 0 bridgehead atoms. The Kier molecular flexibility index (Phi) is 5.04. The van der Waals surface area contributed by atoms with Crippen LogP contribution < -0.4 is 4.74 Å². The first kappa shape index (κ1) is 15.2. The maximum absolute atomic E-state index is 13.7. The van der Waals surface area contributed by atoms with Crippen molar-refractivity contribution in [3.63, 3.8) is 0 Å². The molecule has 0 amide bonds. The van der Waals surface area contributed by atoms with Crippen LogP contribution in [-0.4, -0.2) is 6.61 Å². The van der Waals surface area contributed by atoms with Gasteiger partial charge in [0, 0.05) is 0 Å². The van der Waals surface area contributed by atoms with Crippen molar-refractivity contribution >= 4 is 0 Å². The normalized spacial score (nSPS) is 10.7. The zero-order chi connectivity index (χ0) is 15.2. The van der Waals surface area contributed by atoms with Crippen molar-refractivity contribution in [1.82, 2.24) is 0 Å². The maximum Gasteiger partial charge on any atom is 0.387 e. The largest absolute Gasteiger partial charge is 0.432 e. The summed E-state index contributed by atoms with van der Waals surface area (Å²) in [4.78, 5) is 0. The van der Waals surface area contributed by atoms with Crippen LogP contribution in [0.2, 0.25) is 0 Å². The molecule has 21 heavy (non-hydrogen) atoms. The highest BCUT2D eigenvalue weighted by molar-refractivity contribution is 5.64. The fourth-order valence-electron chi connectivity index (χ4n) is 2.00. The minimum atomic E-state index is -3.03. The highest BCUT2D eigenvalue weighted by Crippen LogP contribution is 2.27. The summed E-state index contributed by atoms with van der Waals surface area (Å²) >= 11 is 0. The molecule has 0 aliphatic heterocycles. The average Bonchev–Trinajstić information content (AvgIpc) is 2.47. The SMILES string of the molecule is C=CCCc1ccc(-c2ccc(OC(F)F)c(F)c2)cc1. The lowest BCUT2D eigenvalue weighted by Crippen LogP contribution is -2.03. The zero-order valence-electron chi connectivity index (χ0n) is 11.4. The van der Waals surface area contributed by atoms with E-state index in [-0.39, 0.29) is 0 Å². The van der Waals surface area contributed by atoms with Gasteiger partial charge >= 0.3 is 6.61 Å². The van der Waals surface area contributed by atoms with Gasteiger partial charge in [0.05, 0.1) is 0 Å². The Bertz CT molecular complexity index is 606. The van der Waals surface area contributed by atoms with Gasteiger partial charge in [-0.2, -0.15) is 8.78 Å². The number of ether oxygens (including phenoxy) is 1. The number of halogens is 3. The van der Waals surface area contributed by atoms with Crippen LogP contribution in [0.1, 0.15) is 12.0 Å². The van der Waals surface area contributed by atoms with Crippen molar-refractivity contribution in [1.29, 1.82) is 0 Å². The van der Waals surface area contributed by atoms with Gasteiger partial charge in [0.15, 0.2) is 11.6 Å². The van der Waals surface area contributed by atoms with Gasteiger partial charge in [-0.3, -0.25) is 0 Å². The van der Waals surface area contributed by atoms with Crippen LogP contribution in [0.15, 0.2) is 55.1 Å². The van der Waals surface area contributed by atoms with Crippen LogP contribution in [0, 0.1) is 5.82 Å². The highest BCUT2D eigenvalue weighted by Gasteiger charge is 2.10. The molecule has 2 rings (SSSR count). The molecule has 0 saturated carbocycles. The van der Waals surface area contributed by atoms with Gasteiger partial charge in [0.1, 0.15) is 0 Å². The molecule has 0 aliphatic rings. The Labute approximate surface area is 121 Å². The van der Waals surface area contributed by atoms with E-state index in [2.05, 4.69) is 11.3 Å². The summed E-state index contributed by atoms with van der Waals surface area (Å²) in [5, 5.41) is 0. The van der Waals surface area contributed by atoms with Gasteiger partial charge in [0.25, 0.3) is 0 Å². The molecular weight excluding hydrogens is 277 g/mol. The second kappa shape index (κ2) is 6.97. The molecule has 0 aliphatic carbocycles. The van der Waals surface area contributed by atoms with Crippen molar-refractivity contribution in [3.05, 3.63) is 66.5 Å². The van der Waals surface area contributed by atoms with E-state index >= 15 is 0 Å². The third-order valence-electron chi connectivity index (χ3n) is 3.07.